The number of fused-ring (bicyclic) bond motifs is 1. The maximum absolute atomic E-state index is 12.9. The molecule has 0 bridgehead atoms. The van der Waals surface area contributed by atoms with E-state index < -0.39 is 6.61 Å². The molecule has 1 aliphatic carbocycles. The first kappa shape index (κ1) is 21.9. The fourth-order valence-corrected chi connectivity index (χ4v) is 4.80. The van der Waals surface area contributed by atoms with Crippen molar-refractivity contribution in [1.29, 1.82) is 0 Å². The molecule has 0 unspecified atom stereocenters. The van der Waals surface area contributed by atoms with Crippen molar-refractivity contribution in [2.75, 3.05) is 12.9 Å². The molecule has 5 rings (SSSR count). The highest BCUT2D eigenvalue weighted by Crippen LogP contribution is 2.36. The third-order valence-corrected chi connectivity index (χ3v) is 6.83. The molecule has 6 nitrogen and oxygen atoms in total. The number of aryl methyl sites for hydroxylation is 2. The van der Waals surface area contributed by atoms with E-state index in [9.17, 15) is 8.78 Å². The van der Waals surface area contributed by atoms with Gasteiger partial charge in [0.1, 0.15) is 11.5 Å². The van der Waals surface area contributed by atoms with Gasteiger partial charge >= 0.3 is 6.61 Å². The van der Waals surface area contributed by atoms with Crippen LogP contribution < -0.4 is 9.47 Å². The minimum absolute atomic E-state index is 0.244. The Kier molecular flexibility index (Phi) is 6.05. The van der Waals surface area contributed by atoms with Gasteiger partial charge in [0.2, 0.25) is 5.16 Å². The first-order chi connectivity index (χ1) is 16.0. The van der Waals surface area contributed by atoms with Gasteiger partial charge in [-0.05, 0) is 67.1 Å². The van der Waals surface area contributed by atoms with Crippen LogP contribution in [-0.2, 0) is 6.42 Å². The van der Waals surface area contributed by atoms with E-state index in [0.717, 1.165) is 34.4 Å². The van der Waals surface area contributed by atoms with Gasteiger partial charge < -0.3 is 9.47 Å². The molecular formula is C24H24F2N4O2S. The molecule has 2 heterocycles. The molecule has 2 aliphatic rings. The average molecular weight is 471 g/mol. The Labute approximate surface area is 195 Å². The van der Waals surface area contributed by atoms with Gasteiger partial charge in [-0.1, -0.05) is 36.2 Å². The number of alkyl halides is 2. The molecule has 0 saturated heterocycles. The zero-order valence-corrected chi connectivity index (χ0v) is 19.2. The van der Waals surface area contributed by atoms with E-state index >= 15 is 0 Å². The summed E-state index contributed by atoms with van der Waals surface area (Å²) in [5.74, 6) is 2.84. The van der Waals surface area contributed by atoms with Crippen molar-refractivity contribution in [1.82, 2.24) is 14.9 Å². The predicted octanol–water partition coefficient (Wildman–Crippen LogP) is 5.56. The van der Waals surface area contributed by atoms with Crippen LogP contribution in [0.5, 0.6) is 11.5 Å². The van der Waals surface area contributed by atoms with Gasteiger partial charge in [-0.2, -0.15) is 18.6 Å². The summed E-state index contributed by atoms with van der Waals surface area (Å²) in [5, 5.41) is 14.2. The van der Waals surface area contributed by atoms with Gasteiger partial charge in [-0.25, -0.2) is 0 Å². The second kappa shape index (κ2) is 9.13. The fraction of sp³-hybridized carbons (Fsp3) is 0.375. The van der Waals surface area contributed by atoms with E-state index in [1.165, 1.54) is 12.8 Å². The van der Waals surface area contributed by atoms with Crippen LogP contribution in [0.15, 0.2) is 46.7 Å². The van der Waals surface area contributed by atoms with Gasteiger partial charge in [-0.15, -0.1) is 10.2 Å². The molecule has 0 N–H and O–H groups in total. The SMILES string of the molecule is COc1ccc(C)cc1-c1nnc2n1N=C(c1ccc(OC(F)F)c(CCC3CC3)c1)CS2. The highest BCUT2D eigenvalue weighted by atomic mass is 32.2. The van der Waals surface area contributed by atoms with Crippen LogP contribution >= 0.6 is 11.8 Å². The van der Waals surface area contributed by atoms with Crippen LogP contribution in [0.4, 0.5) is 8.78 Å². The molecule has 3 aromatic rings. The maximum atomic E-state index is 12.9. The predicted molar refractivity (Wildman–Crippen MR) is 124 cm³/mol. The lowest BCUT2D eigenvalue weighted by atomic mass is 10.0. The van der Waals surface area contributed by atoms with Crippen LogP contribution in [-0.4, -0.2) is 40.1 Å². The first-order valence-electron chi connectivity index (χ1n) is 10.9. The van der Waals surface area contributed by atoms with Gasteiger partial charge in [0.25, 0.3) is 0 Å². The number of benzene rings is 2. The summed E-state index contributed by atoms with van der Waals surface area (Å²) in [6, 6.07) is 11.2. The molecule has 9 heteroatoms. The second-order valence-corrected chi connectivity index (χ2v) is 9.28. The summed E-state index contributed by atoms with van der Waals surface area (Å²) < 4.78 is 37.9. The van der Waals surface area contributed by atoms with Crippen molar-refractivity contribution in [2.45, 2.75) is 44.4 Å². The van der Waals surface area contributed by atoms with Gasteiger partial charge in [0, 0.05) is 5.75 Å². The molecule has 0 atom stereocenters. The Bertz CT molecular complexity index is 1210. The molecule has 1 aliphatic heterocycles. The third kappa shape index (κ3) is 4.73. The zero-order chi connectivity index (χ0) is 22.9. The van der Waals surface area contributed by atoms with Crippen LogP contribution in [0.3, 0.4) is 0 Å². The average Bonchev–Trinajstić information content (AvgIpc) is 3.54. The van der Waals surface area contributed by atoms with Gasteiger partial charge in [0.05, 0.1) is 18.4 Å². The number of hydrogen-bond acceptors (Lipinski definition) is 6. The Morgan fingerprint density at radius 2 is 1.94 bits per heavy atom. The summed E-state index contributed by atoms with van der Waals surface area (Å²) in [6.07, 6.45) is 4.13. The van der Waals surface area contributed by atoms with Crippen molar-refractivity contribution in [3.8, 4) is 22.9 Å². The standard InChI is InChI=1S/C24H24F2N4O2S/c1-14-3-9-21(31-2)18(11-14)22-27-28-24-30(22)29-19(13-33-24)16-8-10-20(32-23(25)26)17(12-16)7-6-15-4-5-15/h3,8-12,15,23H,4-7,13H2,1-2H3. The van der Waals surface area contributed by atoms with Crippen LogP contribution in [0.2, 0.25) is 0 Å². The number of thioether (sulfide) groups is 1. The number of halogens is 2. The van der Waals surface area contributed by atoms with Crippen molar-refractivity contribution in [3.05, 3.63) is 53.1 Å². The minimum atomic E-state index is -2.84. The topological polar surface area (TPSA) is 61.5 Å². The number of aromatic nitrogens is 3. The van der Waals surface area contributed by atoms with Crippen LogP contribution in [0.1, 0.15) is 36.0 Å². The smallest absolute Gasteiger partial charge is 0.387 e. The van der Waals surface area contributed by atoms with Crippen molar-refractivity contribution in [2.24, 2.45) is 11.0 Å². The van der Waals surface area contributed by atoms with E-state index in [1.807, 2.05) is 31.2 Å². The fourth-order valence-electron chi connectivity index (χ4n) is 3.97. The minimum Gasteiger partial charge on any atom is -0.496 e. The van der Waals surface area contributed by atoms with Crippen molar-refractivity contribution < 1.29 is 18.3 Å². The highest BCUT2D eigenvalue weighted by Gasteiger charge is 2.25. The summed E-state index contributed by atoms with van der Waals surface area (Å²) in [7, 11) is 1.62. The first-order valence-corrected chi connectivity index (χ1v) is 11.9. The number of hydrogen-bond donors (Lipinski definition) is 0. The Hall–Kier alpha value is -2.94. The van der Waals surface area contributed by atoms with Gasteiger partial charge in [-0.3, -0.25) is 0 Å². The Balaban J connectivity index is 1.51. The molecule has 0 amide bonds. The lowest BCUT2D eigenvalue weighted by molar-refractivity contribution is -0.0504. The molecule has 0 radical (unpaired) electrons. The molecule has 1 fully saturated rings. The number of nitrogens with zero attached hydrogens (tertiary/aromatic N) is 4. The van der Waals surface area contributed by atoms with E-state index in [0.29, 0.717) is 34.8 Å². The molecule has 33 heavy (non-hydrogen) atoms. The Morgan fingerprint density at radius 3 is 2.70 bits per heavy atom. The normalized spacial score (nSPS) is 15.4. The summed E-state index contributed by atoms with van der Waals surface area (Å²) in [6.45, 7) is -0.837. The maximum Gasteiger partial charge on any atom is 0.387 e. The van der Waals surface area contributed by atoms with Crippen molar-refractivity contribution in [3.63, 3.8) is 0 Å². The molecule has 0 spiro atoms. The van der Waals surface area contributed by atoms with Crippen LogP contribution in [0.25, 0.3) is 11.4 Å². The van der Waals surface area contributed by atoms with E-state index in [2.05, 4.69) is 10.2 Å². The lowest BCUT2D eigenvalue weighted by Crippen LogP contribution is -2.15. The summed E-state index contributed by atoms with van der Waals surface area (Å²) >= 11 is 1.54. The van der Waals surface area contributed by atoms with Gasteiger partial charge in [0.15, 0.2) is 5.82 Å². The Morgan fingerprint density at radius 1 is 1.12 bits per heavy atom. The molecule has 1 aromatic heterocycles. The number of ether oxygens (including phenoxy) is 2. The largest absolute Gasteiger partial charge is 0.496 e. The highest BCUT2D eigenvalue weighted by molar-refractivity contribution is 7.99. The van der Waals surface area contributed by atoms with E-state index in [4.69, 9.17) is 14.6 Å². The zero-order valence-electron chi connectivity index (χ0n) is 18.4. The molecule has 2 aromatic carbocycles. The number of rotatable bonds is 8. The quantitative estimate of drug-likeness (QED) is 0.431. The van der Waals surface area contributed by atoms with Crippen LogP contribution in [0, 0.1) is 12.8 Å². The van der Waals surface area contributed by atoms with Crippen molar-refractivity contribution >= 4 is 17.5 Å². The number of methoxy groups -OCH3 is 1. The van der Waals surface area contributed by atoms with E-state index in [-0.39, 0.29) is 5.75 Å². The van der Waals surface area contributed by atoms with E-state index in [1.54, 1.807) is 35.7 Å². The summed E-state index contributed by atoms with van der Waals surface area (Å²) in [5.41, 5.74) is 4.40. The molecule has 172 valence electrons. The molecule has 1 saturated carbocycles. The lowest BCUT2D eigenvalue weighted by Gasteiger charge is -2.17. The third-order valence-electron chi connectivity index (χ3n) is 5.90. The molecular weight excluding hydrogens is 446 g/mol. The summed E-state index contributed by atoms with van der Waals surface area (Å²) in [4.78, 5) is 0. The second-order valence-electron chi connectivity index (χ2n) is 8.34. The monoisotopic (exact) mass is 470 g/mol.